The third kappa shape index (κ3) is 7.82. The largest absolute Gasteiger partial charge is 0.371 e. The van der Waals surface area contributed by atoms with Crippen LogP contribution in [0.4, 0.5) is 11.4 Å². The number of nitrogens with zero attached hydrogens (tertiary/aromatic N) is 2. The first kappa shape index (κ1) is 26.7. The van der Waals surface area contributed by atoms with E-state index in [2.05, 4.69) is 41.2 Å². The van der Waals surface area contributed by atoms with Crippen LogP contribution in [0.25, 0.3) is 0 Å². The second-order valence-corrected chi connectivity index (χ2v) is 9.32. The summed E-state index contributed by atoms with van der Waals surface area (Å²) in [7, 11) is 0. The Bertz CT molecular complexity index is 948. The van der Waals surface area contributed by atoms with Gasteiger partial charge in [-0.05, 0) is 81.1 Å². The number of amides is 2. The Morgan fingerprint density at radius 2 is 1.63 bits per heavy atom. The van der Waals surface area contributed by atoms with Crippen LogP contribution in [0, 0.1) is 0 Å². The molecule has 1 aliphatic rings. The Morgan fingerprint density at radius 3 is 2.29 bits per heavy atom. The second kappa shape index (κ2) is 13.9. The molecule has 35 heavy (non-hydrogen) atoms. The van der Waals surface area contributed by atoms with Crippen molar-refractivity contribution in [3.05, 3.63) is 59.2 Å². The van der Waals surface area contributed by atoms with Crippen molar-refractivity contribution in [2.24, 2.45) is 0 Å². The zero-order chi connectivity index (χ0) is 25.0. The highest BCUT2D eigenvalue weighted by Gasteiger charge is 2.20. The Labute approximate surface area is 211 Å². The molecule has 190 valence electrons. The molecule has 1 heterocycles. The highest BCUT2D eigenvalue weighted by atomic mass is 16.2. The number of rotatable bonds is 12. The average molecular weight is 479 g/mol. The molecular weight excluding hydrogens is 436 g/mol. The van der Waals surface area contributed by atoms with Crippen molar-refractivity contribution in [3.8, 4) is 0 Å². The molecule has 6 heteroatoms. The van der Waals surface area contributed by atoms with Gasteiger partial charge in [-0.3, -0.25) is 9.59 Å². The summed E-state index contributed by atoms with van der Waals surface area (Å²) in [5, 5.41) is 6.09. The highest BCUT2D eigenvalue weighted by Crippen LogP contribution is 2.27. The molecule has 1 saturated heterocycles. The molecule has 1 aliphatic heterocycles. The van der Waals surface area contributed by atoms with Crippen molar-refractivity contribution >= 4 is 23.2 Å². The minimum Gasteiger partial charge on any atom is -0.371 e. The molecule has 3 rings (SSSR count). The normalized spacial score (nSPS) is 13.7. The third-order valence-corrected chi connectivity index (χ3v) is 6.84. The molecular formula is C29H42N4O2. The third-order valence-electron chi connectivity index (χ3n) is 6.84. The molecule has 0 spiro atoms. The molecule has 2 aromatic rings. The van der Waals surface area contributed by atoms with E-state index in [1.54, 1.807) is 0 Å². The monoisotopic (exact) mass is 478 g/mol. The number of carbonyl (C=O) groups excluding carboxylic acids is 2. The predicted molar refractivity (Wildman–Crippen MR) is 146 cm³/mol. The van der Waals surface area contributed by atoms with Crippen molar-refractivity contribution in [2.45, 2.75) is 59.3 Å². The van der Waals surface area contributed by atoms with E-state index in [1.807, 2.05) is 42.5 Å². The lowest BCUT2D eigenvalue weighted by Gasteiger charge is -2.30. The van der Waals surface area contributed by atoms with Crippen molar-refractivity contribution in [2.75, 3.05) is 49.5 Å². The van der Waals surface area contributed by atoms with Crippen LogP contribution in [-0.4, -0.2) is 56.0 Å². The van der Waals surface area contributed by atoms with Crippen LogP contribution in [0.2, 0.25) is 0 Å². The molecule has 0 aromatic heterocycles. The molecule has 0 unspecified atom stereocenters. The van der Waals surface area contributed by atoms with Crippen LogP contribution in [0.5, 0.6) is 0 Å². The van der Waals surface area contributed by atoms with E-state index in [0.717, 1.165) is 70.5 Å². The number of carbonyl (C=O) groups is 2. The SMILES string of the molecule is CCCCc1ccc(C(=O)Nc2ccc(N3CCCCC3)c(C(=O)NCCN(CC)CC)c2)cc1. The van der Waals surface area contributed by atoms with Gasteiger partial charge in [-0.2, -0.15) is 0 Å². The van der Waals surface area contributed by atoms with Crippen molar-refractivity contribution < 1.29 is 9.59 Å². The zero-order valence-corrected chi connectivity index (χ0v) is 21.7. The summed E-state index contributed by atoms with van der Waals surface area (Å²) in [6, 6.07) is 13.5. The molecule has 0 aliphatic carbocycles. The smallest absolute Gasteiger partial charge is 0.255 e. The molecule has 2 aromatic carbocycles. The van der Waals surface area contributed by atoms with E-state index < -0.39 is 0 Å². The summed E-state index contributed by atoms with van der Waals surface area (Å²) in [5.74, 6) is -0.250. The number of likely N-dealkylation sites (N-methyl/N-ethyl adjacent to an activating group) is 1. The molecule has 0 radical (unpaired) electrons. The number of unbranched alkanes of at least 4 members (excludes halogenated alkanes) is 1. The van der Waals surface area contributed by atoms with Gasteiger partial charge in [0.05, 0.1) is 5.56 Å². The summed E-state index contributed by atoms with van der Waals surface area (Å²) in [6.45, 7) is 11.7. The van der Waals surface area contributed by atoms with Crippen LogP contribution in [0.3, 0.4) is 0 Å². The van der Waals surface area contributed by atoms with Gasteiger partial charge < -0.3 is 20.4 Å². The van der Waals surface area contributed by atoms with Gasteiger partial charge in [0.1, 0.15) is 0 Å². The van der Waals surface area contributed by atoms with Gasteiger partial charge in [0, 0.05) is 43.1 Å². The van der Waals surface area contributed by atoms with E-state index in [4.69, 9.17) is 0 Å². The lowest BCUT2D eigenvalue weighted by Crippen LogP contribution is -2.36. The fraction of sp³-hybridized carbons (Fsp3) is 0.517. The van der Waals surface area contributed by atoms with Gasteiger partial charge in [0.25, 0.3) is 11.8 Å². The predicted octanol–water partition coefficient (Wildman–Crippen LogP) is 5.34. The average Bonchev–Trinajstić information content (AvgIpc) is 2.90. The van der Waals surface area contributed by atoms with Gasteiger partial charge in [-0.15, -0.1) is 0 Å². The zero-order valence-electron chi connectivity index (χ0n) is 21.7. The first-order chi connectivity index (χ1) is 17.0. The lowest BCUT2D eigenvalue weighted by atomic mass is 10.0. The van der Waals surface area contributed by atoms with E-state index in [1.165, 1.54) is 12.0 Å². The number of benzene rings is 2. The molecule has 0 bridgehead atoms. The fourth-order valence-electron chi connectivity index (χ4n) is 4.58. The first-order valence-corrected chi connectivity index (χ1v) is 13.4. The quantitative estimate of drug-likeness (QED) is 0.432. The molecule has 2 amide bonds. The summed E-state index contributed by atoms with van der Waals surface area (Å²) >= 11 is 0. The highest BCUT2D eigenvalue weighted by molar-refractivity contribution is 6.06. The summed E-state index contributed by atoms with van der Waals surface area (Å²) < 4.78 is 0. The molecule has 0 saturated carbocycles. The van der Waals surface area contributed by atoms with E-state index in [0.29, 0.717) is 23.4 Å². The van der Waals surface area contributed by atoms with Crippen LogP contribution in [-0.2, 0) is 6.42 Å². The van der Waals surface area contributed by atoms with Gasteiger partial charge in [0.15, 0.2) is 0 Å². The topological polar surface area (TPSA) is 64.7 Å². The van der Waals surface area contributed by atoms with Crippen LogP contribution >= 0.6 is 0 Å². The number of aryl methyl sites for hydroxylation is 1. The van der Waals surface area contributed by atoms with E-state index >= 15 is 0 Å². The summed E-state index contributed by atoms with van der Waals surface area (Å²) in [4.78, 5) is 30.7. The number of hydrogen-bond acceptors (Lipinski definition) is 4. The van der Waals surface area contributed by atoms with Crippen LogP contribution < -0.4 is 15.5 Å². The molecule has 6 nitrogen and oxygen atoms in total. The number of hydrogen-bond donors (Lipinski definition) is 2. The Morgan fingerprint density at radius 1 is 0.914 bits per heavy atom. The van der Waals surface area contributed by atoms with Crippen molar-refractivity contribution in [1.82, 2.24) is 10.2 Å². The van der Waals surface area contributed by atoms with Crippen LogP contribution in [0.1, 0.15) is 79.2 Å². The molecule has 1 fully saturated rings. The van der Waals surface area contributed by atoms with E-state index in [-0.39, 0.29) is 11.8 Å². The Kier molecular flexibility index (Phi) is 10.6. The van der Waals surface area contributed by atoms with Crippen LogP contribution in [0.15, 0.2) is 42.5 Å². The standard InChI is InChI=1S/C29H42N4O2/c1-4-7-11-23-12-14-24(15-13-23)28(34)31-25-16-17-27(33-19-9-8-10-20-33)26(22-25)29(35)30-18-21-32(5-2)6-3/h12-17,22H,4-11,18-21H2,1-3H3,(H,30,35)(H,31,34). The summed E-state index contributed by atoms with van der Waals surface area (Å²) in [5.41, 5.74) is 4.08. The van der Waals surface area contributed by atoms with Gasteiger partial charge in [-0.25, -0.2) is 0 Å². The Balaban J connectivity index is 1.74. The number of nitrogens with one attached hydrogen (secondary N) is 2. The van der Waals surface area contributed by atoms with Gasteiger partial charge >= 0.3 is 0 Å². The lowest BCUT2D eigenvalue weighted by molar-refractivity contribution is 0.0948. The first-order valence-electron chi connectivity index (χ1n) is 13.4. The maximum Gasteiger partial charge on any atom is 0.255 e. The fourth-order valence-corrected chi connectivity index (χ4v) is 4.58. The van der Waals surface area contributed by atoms with Crippen molar-refractivity contribution in [1.29, 1.82) is 0 Å². The number of piperidine rings is 1. The van der Waals surface area contributed by atoms with E-state index in [9.17, 15) is 9.59 Å². The van der Waals surface area contributed by atoms with Gasteiger partial charge in [-0.1, -0.05) is 39.3 Å². The maximum absolute atomic E-state index is 13.2. The minimum absolute atomic E-state index is 0.0888. The molecule has 2 N–H and O–H groups in total. The van der Waals surface area contributed by atoms with Crippen molar-refractivity contribution in [3.63, 3.8) is 0 Å². The minimum atomic E-state index is -0.161. The summed E-state index contributed by atoms with van der Waals surface area (Å²) in [6.07, 6.45) is 6.83. The Hall–Kier alpha value is -2.86. The number of anilines is 2. The second-order valence-electron chi connectivity index (χ2n) is 9.32. The van der Waals surface area contributed by atoms with Gasteiger partial charge in [0.2, 0.25) is 0 Å². The molecule has 0 atom stereocenters. The maximum atomic E-state index is 13.2.